The Morgan fingerprint density at radius 1 is 1.32 bits per heavy atom. The summed E-state index contributed by atoms with van der Waals surface area (Å²) in [4.78, 5) is 11.5. The zero-order valence-electron chi connectivity index (χ0n) is 13.2. The number of H-pyrrole nitrogens is 1. The number of aromatic amines is 1. The predicted octanol–water partition coefficient (Wildman–Crippen LogP) is 1.69. The zero-order chi connectivity index (χ0) is 15.4. The summed E-state index contributed by atoms with van der Waals surface area (Å²) < 4.78 is 5.14. The van der Waals surface area contributed by atoms with Gasteiger partial charge in [-0.15, -0.1) is 0 Å². The number of ether oxygens (including phenoxy) is 1. The Bertz CT molecular complexity index is 595. The summed E-state index contributed by atoms with van der Waals surface area (Å²) in [6.45, 7) is 6.10. The van der Waals surface area contributed by atoms with Crippen molar-refractivity contribution >= 4 is 0 Å². The second kappa shape index (κ2) is 6.98. The van der Waals surface area contributed by atoms with Gasteiger partial charge in [0.15, 0.2) is 0 Å². The van der Waals surface area contributed by atoms with Gasteiger partial charge in [-0.25, -0.2) is 0 Å². The summed E-state index contributed by atoms with van der Waals surface area (Å²) >= 11 is 0. The fraction of sp³-hybridized carbons (Fsp3) is 0.562. The molecular formula is C16H23N5O. The molecule has 6 heteroatoms. The smallest absolute Gasteiger partial charge is 0.112 e. The van der Waals surface area contributed by atoms with Gasteiger partial charge in [-0.3, -0.25) is 15.1 Å². The Balaban J connectivity index is 1.55. The first-order valence-corrected chi connectivity index (χ1v) is 7.79. The maximum atomic E-state index is 5.14. The number of rotatable bonds is 6. The number of hydrogen-bond donors (Lipinski definition) is 1. The van der Waals surface area contributed by atoms with Crippen molar-refractivity contribution in [2.24, 2.45) is 5.92 Å². The maximum Gasteiger partial charge on any atom is 0.112 e. The Hall–Kier alpha value is -1.79. The Morgan fingerprint density at radius 3 is 2.91 bits per heavy atom. The summed E-state index contributed by atoms with van der Waals surface area (Å²) in [5.74, 6) is 0.671. The lowest BCUT2D eigenvalue weighted by atomic mass is 10.0. The molecule has 1 aliphatic rings. The molecule has 0 bridgehead atoms. The van der Waals surface area contributed by atoms with Crippen molar-refractivity contribution in [1.82, 2.24) is 25.1 Å². The monoisotopic (exact) mass is 301 g/mol. The van der Waals surface area contributed by atoms with Crippen molar-refractivity contribution in [3.63, 3.8) is 0 Å². The molecule has 0 aromatic carbocycles. The normalized spacial score (nSPS) is 18.9. The number of aromatic nitrogens is 4. The van der Waals surface area contributed by atoms with Crippen LogP contribution in [0.4, 0.5) is 0 Å². The maximum absolute atomic E-state index is 5.14. The summed E-state index contributed by atoms with van der Waals surface area (Å²) in [5.41, 5.74) is 3.77. The molecule has 0 aliphatic carbocycles. The van der Waals surface area contributed by atoms with Crippen molar-refractivity contribution < 1.29 is 4.74 Å². The van der Waals surface area contributed by atoms with Gasteiger partial charge in [-0.1, -0.05) is 0 Å². The average molecular weight is 301 g/mol. The van der Waals surface area contributed by atoms with E-state index in [9.17, 15) is 0 Å². The Kier molecular flexibility index (Phi) is 4.80. The largest absolute Gasteiger partial charge is 0.383 e. The molecule has 0 amide bonds. The highest BCUT2D eigenvalue weighted by molar-refractivity contribution is 5.52. The van der Waals surface area contributed by atoms with Crippen LogP contribution < -0.4 is 0 Å². The molecule has 3 heterocycles. The topological polar surface area (TPSA) is 66.9 Å². The molecule has 1 N–H and O–H groups in total. The van der Waals surface area contributed by atoms with E-state index in [2.05, 4.69) is 25.1 Å². The SMILES string of the molecule is COCCN1CC[C@H](Cc2cnc(-c3cc(C)[nH]n3)cn2)C1. The molecular weight excluding hydrogens is 278 g/mol. The van der Waals surface area contributed by atoms with Crippen molar-refractivity contribution in [3.8, 4) is 11.4 Å². The summed E-state index contributed by atoms with van der Waals surface area (Å²) in [7, 11) is 1.76. The molecule has 0 unspecified atom stereocenters. The Labute approximate surface area is 130 Å². The van der Waals surface area contributed by atoms with Gasteiger partial charge in [-0.05, 0) is 38.3 Å². The summed E-state index contributed by atoms with van der Waals surface area (Å²) in [6.07, 6.45) is 5.93. The fourth-order valence-corrected chi connectivity index (χ4v) is 2.94. The summed E-state index contributed by atoms with van der Waals surface area (Å²) in [5, 5.41) is 7.14. The van der Waals surface area contributed by atoms with Gasteiger partial charge in [0.1, 0.15) is 11.4 Å². The van der Waals surface area contributed by atoms with E-state index in [4.69, 9.17) is 4.74 Å². The lowest BCUT2D eigenvalue weighted by Crippen LogP contribution is -2.25. The van der Waals surface area contributed by atoms with Gasteiger partial charge in [0, 0.05) is 32.1 Å². The number of nitrogens with zero attached hydrogens (tertiary/aromatic N) is 4. The lowest BCUT2D eigenvalue weighted by molar-refractivity contribution is 0.159. The van der Waals surface area contributed by atoms with E-state index in [1.165, 1.54) is 6.42 Å². The zero-order valence-corrected chi connectivity index (χ0v) is 13.2. The highest BCUT2D eigenvalue weighted by atomic mass is 16.5. The van der Waals surface area contributed by atoms with Gasteiger partial charge in [-0.2, -0.15) is 5.10 Å². The molecule has 0 radical (unpaired) electrons. The lowest BCUT2D eigenvalue weighted by Gasteiger charge is -2.15. The first kappa shape index (κ1) is 15.1. The third-order valence-corrected chi connectivity index (χ3v) is 4.15. The standard InChI is InChI=1S/C16H23N5O/c1-12-7-15(20-19-12)16-10-17-14(9-18-16)8-13-3-4-21(11-13)5-6-22-2/h7,9-10,13H,3-6,8,11H2,1-2H3,(H,19,20)/t13-/m1/s1. The molecule has 1 aliphatic heterocycles. The molecule has 2 aromatic rings. The number of aryl methyl sites for hydroxylation is 1. The van der Waals surface area contributed by atoms with Crippen molar-refractivity contribution in [2.45, 2.75) is 19.8 Å². The number of hydrogen-bond acceptors (Lipinski definition) is 5. The van der Waals surface area contributed by atoms with Crippen molar-refractivity contribution in [1.29, 1.82) is 0 Å². The number of nitrogens with one attached hydrogen (secondary N) is 1. The van der Waals surface area contributed by atoms with Crippen LogP contribution in [0.2, 0.25) is 0 Å². The minimum Gasteiger partial charge on any atom is -0.383 e. The highest BCUT2D eigenvalue weighted by Gasteiger charge is 2.22. The van der Waals surface area contributed by atoms with Crippen molar-refractivity contribution in [3.05, 3.63) is 29.8 Å². The van der Waals surface area contributed by atoms with Gasteiger partial charge >= 0.3 is 0 Å². The Morgan fingerprint density at radius 2 is 2.23 bits per heavy atom. The quantitative estimate of drug-likeness (QED) is 0.879. The molecule has 1 saturated heterocycles. The van der Waals surface area contributed by atoms with Gasteiger partial charge in [0.05, 0.1) is 18.5 Å². The molecule has 1 atom stereocenters. The first-order chi connectivity index (χ1) is 10.7. The van der Waals surface area contributed by atoms with Crippen LogP contribution >= 0.6 is 0 Å². The third-order valence-electron chi connectivity index (χ3n) is 4.15. The van der Waals surface area contributed by atoms with Crippen LogP contribution in [0.1, 0.15) is 17.8 Å². The van der Waals surface area contributed by atoms with Gasteiger partial charge < -0.3 is 9.64 Å². The fourth-order valence-electron chi connectivity index (χ4n) is 2.94. The highest BCUT2D eigenvalue weighted by Crippen LogP contribution is 2.20. The average Bonchev–Trinajstić information content (AvgIpc) is 3.15. The molecule has 0 saturated carbocycles. The van der Waals surface area contributed by atoms with Gasteiger partial charge in [0.2, 0.25) is 0 Å². The molecule has 0 spiro atoms. The minimum atomic E-state index is 0.671. The molecule has 3 rings (SSSR count). The van der Waals surface area contributed by atoms with Crippen LogP contribution in [0.3, 0.4) is 0 Å². The van der Waals surface area contributed by atoms with Crippen LogP contribution in [0.15, 0.2) is 18.5 Å². The van der Waals surface area contributed by atoms with E-state index in [-0.39, 0.29) is 0 Å². The van der Waals surface area contributed by atoms with Gasteiger partial charge in [0.25, 0.3) is 0 Å². The molecule has 118 valence electrons. The second-order valence-corrected chi connectivity index (χ2v) is 5.98. The van der Waals surface area contributed by atoms with E-state index in [0.29, 0.717) is 5.92 Å². The van der Waals surface area contributed by atoms with E-state index >= 15 is 0 Å². The number of methoxy groups -OCH3 is 1. The second-order valence-electron chi connectivity index (χ2n) is 5.98. The van der Waals surface area contributed by atoms with Crippen molar-refractivity contribution in [2.75, 3.05) is 33.4 Å². The molecule has 1 fully saturated rings. The first-order valence-electron chi connectivity index (χ1n) is 7.79. The van der Waals surface area contributed by atoms with Crippen LogP contribution in [-0.2, 0) is 11.2 Å². The van der Waals surface area contributed by atoms with E-state index in [1.807, 2.05) is 25.4 Å². The predicted molar refractivity (Wildman–Crippen MR) is 84.5 cm³/mol. The summed E-state index contributed by atoms with van der Waals surface area (Å²) in [6, 6.07) is 1.98. The molecule has 2 aromatic heterocycles. The van der Waals surface area contributed by atoms with E-state index < -0.39 is 0 Å². The van der Waals surface area contributed by atoms with E-state index in [1.54, 1.807) is 7.11 Å². The van der Waals surface area contributed by atoms with E-state index in [0.717, 1.165) is 55.4 Å². The van der Waals surface area contributed by atoms with Crippen LogP contribution in [0.5, 0.6) is 0 Å². The number of likely N-dealkylation sites (tertiary alicyclic amines) is 1. The van der Waals surface area contributed by atoms with Crippen LogP contribution in [0.25, 0.3) is 11.4 Å². The van der Waals surface area contributed by atoms with Crippen LogP contribution in [-0.4, -0.2) is 58.4 Å². The molecule has 22 heavy (non-hydrogen) atoms. The third kappa shape index (κ3) is 3.69. The van der Waals surface area contributed by atoms with Crippen LogP contribution in [0, 0.1) is 12.8 Å². The minimum absolute atomic E-state index is 0.671. The molecule has 6 nitrogen and oxygen atoms in total.